The summed E-state index contributed by atoms with van der Waals surface area (Å²) in [6, 6.07) is 26.8. The van der Waals surface area contributed by atoms with Gasteiger partial charge in [0.1, 0.15) is 24.7 Å². The average Bonchev–Trinajstić information content (AvgIpc) is 2.98. The van der Waals surface area contributed by atoms with Crippen molar-refractivity contribution >= 4 is 23.2 Å². The number of benzene rings is 4. The lowest BCUT2D eigenvalue weighted by atomic mass is 9.87. The number of nitrogens with two attached hydrogens (primary N) is 1. The third-order valence-corrected chi connectivity index (χ3v) is 7.91. The second kappa shape index (κ2) is 15.9. The van der Waals surface area contributed by atoms with Gasteiger partial charge >= 0.3 is 0 Å². The molecule has 0 aliphatic carbocycles. The van der Waals surface area contributed by atoms with Crippen molar-refractivity contribution < 1.29 is 14.2 Å². The highest BCUT2D eigenvalue weighted by Gasteiger charge is 2.16. The van der Waals surface area contributed by atoms with E-state index in [1.54, 1.807) is 0 Å². The highest BCUT2D eigenvalue weighted by Crippen LogP contribution is 2.35. The van der Waals surface area contributed by atoms with Crippen molar-refractivity contribution in [1.29, 1.82) is 0 Å². The van der Waals surface area contributed by atoms with Crippen LogP contribution in [0.2, 0.25) is 10.0 Å². The minimum absolute atomic E-state index is 0.212. The van der Waals surface area contributed by atoms with Crippen molar-refractivity contribution in [3.05, 3.63) is 111 Å². The Morgan fingerprint density at radius 2 is 1.48 bits per heavy atom. The van der Waals surface area contributed by atoms with E-state index in [1.807, 2.05) is 37.3 Å². The van der Waals surface area contributed by atoms with Crippen molar-refractivity contribution in [1.82, 2.24) is 0 Å². The lowest BCUT2D eigenvalue weighted by molar-refractivity contribution is 0.217. The van der Waals surface area contributed by atoms with Crippen molar-refractivity contribution in [3.8, 4) is 28.4 Å². The molecule has 0 bridgehead atoms. The summed E-state index contributed by atoms with van der Waals surface area (Å²) in [5.74, 6) is 2.42. The van der Waals surface area contributed by atoms with Gasteiger partial charge in [0.05, 0.1) is 16.7 Å². The number of rotatable bonds is 15. The van der Waals surface area contributed by atoms with Crippen LogP contribution in [0.1, 0.15) is 54.4 Å². The molecule has 0 aliphatic rings. The molecule has 4 aromatic rings. The molecule has 42 heavy (non-hydrogen) atoms. The fourth-order valence-electron chi connectivity index (χ4n) is 5.12. The van der Waals surface area contributed by atoms with Gasteiger partial charge in [0.25, 0.3) is 0 Å². The standard InChI is InChI=1S/C36H41Cl2NO3/c1-4-5-8-17-41-35-10-7-6-9-32(35)28-13-16-31(26(3)22-28)29(24-39)23-27-11-14-30(15-12-27)40-18-19-42-36-33(37)20-25(2)21-34(36)38/h6-7,9-16,20-22,29H,4-5,8,17-19,23-24,39H2,1-3H3. The van der Waals surface area contributed by atoms with Gasteiger partial charge in [-0.2, -0.15) is 0 Å². The first kappa shape index (κ1) is 31.7. The summed E-state index contributed by atoms with van der Waals surface area (Å²) >= 11 is 12.5. The topological polar surface area (TPSA) is 53.7 Å². The summed E-state index contributed by atoms with van der Waals surface area (Å²) in [6.07, 6.45) is 4.28. The molecule has 0 heterocycles. The second-order valence-electron chi connectivity index (χ2n) is 10.7. The van der Waals surface area contributed by atoms with Gasteiger partial charge in [-0.25, -0.2) is 0 Å². The van der Waals surface area contributed by atoms with E-state index in [0.717, 1.165) is 47.6 Å². The number of aryl methyl sites for hydroxylation is 2. The maximum Gasteiger partial charge on any atom is 0.156 e. The van der Waals surface area contributed by atoms with Gasteiger partial charge in [-0.3, -0.25) is 0 Å². The molecule has 0 amide bonds. The molecule has 222 valence electrons. The molecule has 0 spiro atoms. The van der Waals surface area contributed by atoms with Crippen LogP contribution >= 0.6 is 23.2 Å². The number of unbranched alkanes of at least 4 members (excludes halogenated alkanes) is 2. The molecule has 0 aromatic heterocycles. The third-order valence-electron chi connectivity index (χ3n) is 7.34. The quantitative estimate of drug-likeness (QED) is 0.137. The Hall–Kier alpha value is -3.18. The molecule has 0 aliphatic heterocycles. The minimum Gasteiger partial charge on any atom is -0.493 e. The summed E-state index contributed by atoms with van der Waals surface area (Å²) in [5.41, 5.74) is 13.3. The lowest BCUT2D eigenvalue weighted by Crippen LogP contribution is -2.16. The van der Waals surface area contributed by atoms with Crippen LogP contribution in [0.3, 0.4) is 0 Å². The Labute approximate surface area is 260 Å². The first-order chi connectivity index (χ1) is 20.4. The number of para-hydroxylation sites is 1. The zero-order valence-corrected chi connectivity index (χ0v) is 26.3. The predicted molar refractivity (Wildman–Crippen MR) is 176 cm³/mol. The third kappa shape index (κ3) is 8.67. The van der Waals surface area contributed by atoms with Gasteiger partial charge < -0.3 is 19.9 Å². The van der Waals surface area contributed by atoms with Crippen LogP contribution in [0.4, 0.5) is 0 Å². The maximum absolute atomic E-state index is 6.29. The first-order valence-electron chi connectivity index (χ1n) is 14.7. The van der Waals surface area contributed by atoms with E-state index in [2.05, 4.69) is 62.4 Å². The van der Waals surface area contributed by atoms with E-state index < -0.39 is 0 Å². The normalized spacial score (nSPS) is 11.8. The minimum atomic E-state index is 0.212. The monoisotopic (exact) mass is 605 g/mol. The molecule has 2 N–H and O–H groups in total. The fraction of sp³-hybridized carbons (Fsp3) is 0.333. The Morgan fingerprint density at radius 3 is 2.17 bits per heavy atom. The van der Waals surface area contributed by atoms with Gasteiger partial charge in [0.2, 0.25) is 0 Å². The predicted octanol–water partition coefficient (Wildman–Crippen LogP) is 9.59. The van der Waals surface area contributed by atoms with E-state index in [-0.39, 0.29) is 5.92 Å². The number of halogens is 2. The van der Waals surface area contributed by atoms with Gasteiger partial charge in [0.15, 0.2) is 5.75 Å². The highest BCUT2D eigenvalue weighted by atomic mass is 35.5. The molecule has 4 aromatic carbocycles. The molecular weight excluding hydrogens is 565 g/mol. The number of hydrogen-bond acceptors (Lipinski definition) is 4. The van der Waals surface area contributed by atoms with Crippen LogP contribution in [0.5, 0.6) is 17.2 Å². The van der Waals surface area contributed by atoms with Crippen LogP contribution in [-0.2, 0) is 6.42 Å². The zero-order valence-electron chi connectivity index (χ0n) is 24.8. The molecule has 0 saturated carbocycles. The molecule has 1 unspecified atom stereocenters. The smallest absolute Gasteiger partial charge is 0.156 e. The van der Waals surface area contributed by atoms with Gasteiger partial charge in [-0.1, -0.05) is 91.5 Å². The van der Waals surface area contributed by atoms with Crippen LogP contribution in [0.15, 0.2) is 78.9 Å². The average molecular weight is 607 g/mol. The van der Waals surface area contributed by atoms with Gasteiger partial charge in [-0.15, -0.1) is 0 Å². The van der Waals surface area contributed by atoms with E-state index in [1.165, 1.54) is 29.5 Å². The van der Waals surface area contributed by atoms with E-state index in [4.69, 9.17) is 43.1 Å². The molecule has 6 heteroatoms. The zero-order chi connectivity index (χ0) is 29.9. The lowest BCUT2D eigenvalue weighted by Gasteiger charge is -2.20. The molecule has 1 atom stereocenters. The summed E-state index contributed by atoms with van der Waals surface area (Å²) in [5, 5.41) is 1.00. The van der Waals surface area contributed by atoms with Gasteiger partial charge in [0, 0.05) is 11.5 Å². The first-order valence-corrected chi connectivity index (χ1v) is 15.5. The maximum atomic E-state index is 6.29. The molecule has 4 rings (SSSR count). The van der Waals surface area contributed by atoms with Crippen LogP contribution in [0.25, 0.3) is 11.1 Å². The second-order valence-corrected chi connectivity index (χ2v) is 11.5. The van der Waals surface area contributed by atoms with Crippen molar-refractivity contribution in [2.45, 2.75) is 52.4 Å². The summed E-state index contributed by atoms with van der Waals surface area (Å²) in [6.45, 7) is 8.34. The number of hydrogen-bond donors (Lipinski definition) is 1. The Kier molecular flexibility index (Phi) is 12.0. The Bertz CT molecular complexity index is 1420. The summed E-state index contributed by atoms with van der Waals surface area (Å²) < 4.78 is 17.8. The van der Waals surface area contributed by atoms with E-state index in [9.17, 15) is 0 Å². The largest absolute Gasteiger partial charge is 0.493 e. The Balaban J connectivity index is 1.34. The van der Waals surface area contributed by atoms with Crippen molar-refractivity contribution in [2.24, 2.45) is 5.73 Å². The van der Waals surface area contributed by atoms with Crippen LogP contribution in [-0.4, -0.2) is 26.4 Å². The van der Waals surface area contributed by atoms with E-state index >= 15 is 0 Å². The van der Waals surface area contributed by atoms with Crippen molar-refractivity contribution in [3.63, 3.8) is 0 Å². The molecule has 4 nitrogen and oxygen atoms in total. The highest BCUT2D eigenvalue weighted by molar-refractivity contribution is 6.37. The van der Waals surface area contributed by atoms with E-state index in [0.29, 0.717) is 35.6 Å². The van der Waals surface area contributed by atoms with Gasteiger partial charge in [-0.05, 0) is 91.4 Å². The molecular formula is C36H41Cl2NO3. The SMILES string of the molecule is CCCCCOc1ccccc1-c1ccc(C(CN)Cc2ccc(OCCOc3c(Cl)cc(C)cc3Cl)cc2)c(C)c1. The fourth-order valence-corrected chi connectivity index (χ4v) is 5.83. The molecule has 0 saturated heterocycles. The molecule has 0 radical (unpaired) electrons. The van der Waals surface area contributed by atoms with Crippen LogP contribution < -0.4 is 19.9 Å². The van der Waals surface area contributed by atoms with Crippen molar-refractivity contribution in [2.75, 3.05) is 26.4 Å². The van der Waals surface area contributed by atoms with Crippen LogP contribution in [0, 0.1) is 13.8 Å². The summed E-state index contributed by atoms with van der Waals surface area (Å²) in [7, 11) is 0. The number of ether oxygens (including phenoxy) is 3. The Morgan fingerprint density at radius 1 is 0.762 bits per heavy atom. The summed E-state index contributed by atoms with van der Waals surface area (Å²) in [4.78, 5) is 0. The molecule has 0 fully saturated rings.